The number of hydrogen-bond donors (Lipinski definition) is 1. The second kappa shape index (κ2) is 8.88. The third-order valence-electron chi connectivity index (χ3n) is 3.79. The highest BCUT2D eigenvalue weighted by atomic mass is 35.5. The minimum Gasteiger partial charge on any atom is -0.427 e. The van der Waals surface area contributed by atoms with E-state index < -0.39 is 5.97 Å². The first kappa shape index (κ1) is 19.3. The van der Waals surface area contributed by atoms with Crippen molar-refractivity contribution in [1.29, 1.82) is 0 Å². The van der Waals surface area contributed by atoms with Crippen LogP contribution in [0.15, 0.2) is 42.5 Å². The fraction of sp³-hybridized carbons (Fsp3) is 0.263. The first-order valence-corrected chi connectivity index (χ1v) is 8.68. The monoisotopic (exact) mass is 379 g/mol. The maximum absolute atomic E-state index is 12.3. The molecule has 25 heavy (non-hydrogen) atoms. The van der Waals surface area contributed by atoms with Crippen LogP contribution < -0.4 is 10.1 Å². The van der Waals surface area contributed by atoms with E-state index in [0.717, 1.165) is 12.0 Å². The number of halogens is 2. The molecular formula is C19H19Cl2NO3. The summed E-state index contributed by atoms with van der Waals surface area (Å²) in [6, 6.07) is 11.9. The molecule has 0 saturated carbocycles. The van der Waals surface area contributed by atoms with E-state index in [-0.39, 0.29) is 11.8 Å². The lowest BCUT2D eigenvalue weighted by Crippen LogP contribution is -2.28. The molecule has 4 nitrogen and oxygen atoms in total. The molecule has 0 fully saturated rings. The van der Waals surface area contributed by atoms with Gasteiger partial charge >= 0.3 is 5.97 Å². The van der Waals surface area contributed by atoms with Crippen molar-refractivity contribution in [3.63, 3.8) is 0 Å². The Bertz CT molecular complexity index is 760. The van der Waals surface area contributed by atoms with Gasteiger partial charge in [-0.15, -0.1) is 0 Å². The van der Waals surface area contributed by atoms with Gasteiger partial charge in [0.05, 0.1) is 10.0 Å². The first-order valence-electron chi connectivity index (χ1n) is 7.92. The fourth-order valence-electron chi connectivity index (χ4n) is 2.42. The summed E-state index contributed by atoms with van der Waals surface area (Å²) in [4.78, 5) is 23.2. The number of hydrogen-bond acceptors (Lipinski definition) is 3. The second-order valence-electron chi connectivity index (χ2n) is 5.61. The Morgan fingerprint density at radius 2 is 1.76 bits per heavy atom. The van der Waals surface area contributed by atoms with Crippen LogP contribution in [0.1, 0.15) is 42.1 Å². The Hall–Kier alpha value is -2.04. The number of nitrogens with one attached hydrogen (secondary N) is 1. The normalized spacial score (nSPS) is 11.7. The lowest BCUT2D eigenvalue weighted by atomic mass is 9.96. The number of carbonyl (C=O) groups is 2. The van der Waals surface area contributed by atoms with Gasteiger partial charge in [-0.05, 0) is 48.4 Å². The summed E-state index contributed by atoms with van der Waals surface area (Å²) in [6.07, 6.45) is 0.851. The van der Waals surface area contributed by atoms with Gasteiger partial charge in [0, 0.05) is 24.9 Å². The Kier molecular flexibility index (Phi) is 6.85. The summed E-state index contributed by atoms with van der Waals surface area (Å²) in [6.45, 7) is 3.86. The smallest absolute Gasteiger partial charge is 0.308 e. The van der Waals surface area contributed by atoms with Crippen LogP contribution in [0.25, 0.3) is 0 Å². The molecule has 2 aromatic rings. The largest absolute Gasteiger partial charge is 0.427 e. The topological polar surface area (TPSA) is 55.4 Å². The van der Waals surface area contributed by atoms with Crippen LogP contribution in [-0.2, 0) is 4.79 Å². The van der Waals surface area contributed by atoms with Crippen LogP contribution in [0.2, 0.25) is 10.0 Å². The minimum absolute atomic E-state index is 0.138. The standard InChI is InChI=1S/C19H19Cl2NO3/c1-3-13(15-6-9-17(20)18(21)10-15)11-22-19(24)14-4-7-16(8-5-14)25-12(2)23/h4-10,13H,3,11H2,1-2H3,(H,22,24). The Balaban J connectivity index is 1.99. The SMILES string of the molecule is CCC(CNC(=O)c1ccc(OC(C)=O)cc1)c1ccc(Cl)c(Cl)c1. The Morgan fingerprint density at radius 1 is 1.08 bits per heavy atom. The molecule has 0 bridgehead atoms. The number of rotatable bonds is 6. The summed E-state index contributed by atoms with van der Waals surface area (Å²) in [5.41, 5.74) is 1.53. The summed E-state index contributed by atoms with van der Waals surface area (Å²) in [5, 5.41) is 3.94. The molecule has 1 N–H and O–H groups in total. The van der Waals surface area contributed by atoms with E-state index in [4.69, 9.17) is 27.9 Å². The van der Waals surface area contributed by atoms with E-state index in [2.05, 4.69) is 5.32 Å². The van der Waals surface area contributed by atoms with Crippen molar-refractivity contribution in [1.82, 2.24) is 5.32 Å². The van der Waals surface area contributed by atoms with Crippen molar-refractivity contribution in [3.05, 3.63) is 63.6 Å². The quantitative estimate of drug-likeness (QED) is 0.576. The lowest BCUT2D eigenvalue weighted by molar-refractivity contribution is -0.131. The molecule has 1 amide bonds. The van der Waals surface area contributed by atoms with Gasteiger partial charge in [0.25, 0.3) is 5.91 Å². The van der Waals surface area contributed by atoms with Gasteiger partial charge in [-0.1, -0.05) is 36.2 Å². The van der Waals surface area contributed by atoms with E-state index >= 15 is 0 Å². The van der Waals surface area contributed by atoms with Gasteiger partial charge in [0.1, 0.15) is 5.75 Å². The predicted octanol–water partition coefficient (Wildman–Crippen LogP) is 4.84. The van der Waals surface area contributed by atoms with Crippen LogP contribution in [-0.4, -0.2) is 18.4 Å². The Morgan fingerprint density at radius 3 is 2.32 bits per heavy atom. The zero-order chi connectivity index (χ0) is 18.4. The molecule has 0 aliphatic carbocycles. The zero-order valence-electron chi connectivity index (χ0n) is 14.0. The number of amides is 1. The summed E-state index contributed by atoms with van der Waals surface area (Å²) in [7, 11) is 0. The van der Waals surface area contributed by atoms with Crippen LogP contribution in [0, 0.1) is 0 Å². The highest BCUT2D eigenvalue weighted by molar-refractivity contribution is 6.42. The number of esters is 1. The molecule has 132 valence electrons. The number of ether oxygens (including phenoxy) is 1. The fourth-order valence-corrected chi connectivity index (χ4v) is 2.73. The van der Waals surface area contributed by atoms with Crippen LogP contribution in [0.4, 0.5) is 0 Å². The molecule has 0 saturated heterocycles. The molecule has 0 heterocycles. The van der Waals surface area contributed by atoms with Crippen LogP contribution in [0.3, 0.4) is 0 Å². The molecular weight excluding hydrogens is 361 g/mol. The molecule has 0 aliphatic rings. The molecule has 1 unspecified atom stereocenters. The average Bonchev–Trinajstić information content (AvgIpc) is 2.58. The van der Waals surface area contributed by atoms with Gasteiger partial charge in [-0.3, -0.25) is 9.59 Å². The lowest BCUT2D eigenvalue weighted by Gasteiger charge is -2.17. The maximum atomic E-state index is 12.3. The van der Waals surface area contributed by atoms with Gasteiger partial charge in [-0.25, -0.2) is 0 Å². The van der Waals surface area contributed by atoms with E-state index in [1.54, 1.807) is 30.3 Å². The molecule has 6 heteroatoms. The molecule has 1 atom stereocenters. The van der Waals surface area contributed by atoms with Crippen molar-refractivity contribution in [2.24, 2.45) is 0 Å². The summed E-state index contributed by atoms with van der Waals surface area (Å²) in [5.74, 6) is -0.0390. The van der Waals surface area contributed by atoms with Gasteiger partial charge in [0.15, 0.2) is 0 Å². The van der Waals surface area contributed by atoms with Gasteiger partial charge in [-0.2, -0.15) is 0 Å². The zero-order valence-corrected chi connectivity index (χ0v) is 15.5. The van der Waals surface area contributed by atoms with E-state index in [1.165, 1.54) is 6.92 Å². The van der Waals surface area contributed by atoms with Crippen LogP contribution >= 0.6 is 23.2 Å². The minimum atomic E-state index is -0.399. The Labute approximate surface area is 157 Å². The predicted molar refractivity (Wildman–Crippen MR) is 99.6 cm³/mol. The van der Waals surface area contributed by atoms with Crippen molar-refractivity contribution in [2.45, 2.75) is 26.2 Å². The molecule has 0 radical (unpaired) electrons. The molecule has 0 spiro atoms. The number of carbonyl (C=O) groups excluding carboxylic acids is 2. The third-order valence-corrected chi connectivity index (χ3v) is 4.53. The van der Waals surface area contributed by atoms with Crippen molar-refractivity contribution in [2.75, 3.05) is 6.54 Å². The second-order valence-corrected chi connectivity index (χ2v) is 6.42. The molecule has 2 aromatic carbocycles. The maximum Gasteiger partial charge on any atom is 0.308 e. The van der Waals surface area contributed by atoms with E-state index in [0.29, 0.717) is 27.9 Å². The van der Waals surface area contributed by atoms with E-state index in [9.17, 15) is 9.59 Å². The molecule has 2 rings (SSSR count). The van der Waals surface area contributed by atoms with Gasteiger partial charge < -0.3 is 10.1 Å². The third kappa shape index (κ3) is 5.48. The molecule has 0 aromatic heterocycles. The summed E-state index contributed by atoms with van der Waals surface area (Å²) < 4.78 is 4.95. The van der Waals surface area contributed by atoms with Crippen molar-refractivity contribution in [3.8, 4) is 5.75 Å². The average molecular weight is 380 g/mol. The summed E-state index contributed by atoms with van der Waals surface area (Å²) >= 11 is 12.0. The highest BCUT2D eigenvalue weighted by Crippen LogP contribution is 2.27. The highest BCUT2D eigenvalue weighted by Gasteiger charge is 2.13. The van der Waals surface area contributed by atoms with E-state index in [1.807, 2.05) is 19.1 Å². The molecule has 0 aliphatic heterocycles. The van der Waals surface area contributed by atoms with Crippen molar-refractivity contribution < 1.29 is 14.3 Å². The van der Waals surface area contributed by atoms with Crippen molar-refractivity contribution >= 4 is 35.1 Å². The first-order chi connectivity index (χ1) is 11.9. The van der Waals surface area contributed by atoms with Crippen LogP contribution in [0.5, 0.6) is 5.75 Å². The van der Waals surface area contributed by atoms with Gasteiger partial charge in [0.2, 0.25) is 0 Å². The number of benzene rings is 2.